The fourth-order valence-corrected chi connectivity index (χ4v) is 1.98. The highest BCUT2D eigenvalue weighted by Crippen LogP contribution is 2.26. The van der Waals surface area contributed by atoms with E-state index in [0.717, 1.165) is 12.1 Å². The van der Waals surface area contributed by atoms with Gasteiger partial charge in [-0.1, -0.05) is 20.8 Å². The van der Waals surface area contributed by atoms with Gasteiger partial charge in [-0.05, 0) is 36.1 Å². The van der Waals surface area contributed by atoms with Crippen LogP contribution < -0.4 is 5.01 Å². The lowest BCUT2D eigenvalue weighted by molar-refractivity contribution is -0.116. The van der Waals surface area contributed by atoms with E-state index < -0.39 is 0 Å². The second-order valence-corrected chi connectivity index (χ2v) is 5.76. The average Bonchev–Trinajstić information content (AvgIpc) is 2.58. The number of amides is 1. The highest BCUT2D eigenvalue weighted by atomic mass is 19.1. The Morgan fingerprint density at radius 1 is 1.28 bits per heavy atom. The van der Waals surface area contributed by atoms with Gasteiger partial charge in [0.15, 0.2) is 0 Å². The van der Waals surface area contributed by atoms with Crippen molar-refractivity contribution in [3.05, 3.63) is 30.1 Å². The van der Waals surface area contributed by atoms with Crippen molar-refractivity contribution in [3.63, 3.8) is 0 Å². The number of hydrazone groups is 1. The lowest BCUT2D eigenvalue weighted by Gasteiger charge is -2.16. The standard InChI is InChI=1S/C14H17FN2O/c1-14(2,3)9-11-8-13(18)17(16-11)12-6-4-10(15)5-7-12/h4-7H,8-9H2,1-3H3. The second kappa shape index (κ2) is 4.52. The van der Waals surface area contributed by atoms with E-state index in [-0.39, 0.29) is 17.1 Å². The molecule has 2 rings (SSSR count). The minimum Gasteiger partial charge on any atom is -0.272 e. The zero-order valence-corrected chi connectivity index (χ0v) is 10.9. The van der Waals surface area contributed by atoms with E-state index in [9.17, 15) is 9.18 Å². The number of carbonyl (C=O) groups excluding carboxylic acids is 1. The van der Waals surface area contributed by atoms with Crippen LogP contribution in [0, 0.1) is 11.2 Å². The van der Waals surface area contributed by atoms with Crippen molar-refractivity contribution < 1.29 is 9.18 Å². The van der Waals surface area contributed by atoms with Crippen molar-refractivity contribution in [1.82, 2.24) is 0 Å². The molecule has 1 aliphatic rings. The molecule has 0 saturated heterocycles. The highest BCUT2D eigenvalue weighted by molar-refractivity contribution is 6.13. The molecule has 1 heterocycles. The Labute approximate surface area is 106 Å². The first-order valence-corrected chi connectivity index (χ1v) is 6.00. The van der Waals surface area contributed by atoms with Gasteiger partial charge >= 0.3 is 0 Å². The van der Waals surface area contributed by atoms with Crippen molar-refractivity contribution in [2.45, 2.75) is 33.6 Å². The molecule has 0 bridgehead atoms. The Bertz CT molecular complexity index is 486. The summed E-state index contributed by atoms with van der Waals surface area (Å²) in [6, 6.07) is 5.80. The van der Waals surface area contributed by atoms with E-state index in [1.807, 2.05) is 0 Å². The highest BCUT2D eigenvalue weighted by Gasteiger charge is 2.27. The molecule has 96 valence electrons. The number of nitrogens with zero attached hydrogens (tertiary/aromatic N) is 2. The predicted octanol–water partition coefficient (Wildman–Crippen LogP) is 3.35. The molecular weight excluding hydrogens is 231 g/mol. The maximum Gasteiger partial charge on any atom is 0.253 e. The molecule has 0 spiro atoms. The SMILES string of the molecule is CC(C)(C)CC1=NN(c2ccc(F)cc2)C(=O)C1. The summed E-state index contributed by atoms with van der Waals surface area (Å²) in [5, 5.41) is 5.69. The van der Waals surface area contributed by atoms with Crippen LogP contribution in [0.4, 0.5) is 10.1 Å². The van der Waals surface area contributed by atoms with Crippen LogP contribution in [-0.2, 0) is 4.79 Å². The molecular formula is C14H17FN2O. The van der Waals surface area contributed by atoms with Gasteiger partial charge in [-0.25, -0.2) is 9.40 Å². The molecule has 0 fully saturated rings. The number of halogens is 1. The molecule has 1 amide bonds. The summed E-state index contributed by atoms with van der Waals surface area (Å²) in [6.45, 7) is 6.33. The number of benzene rings is 1. The molecule has 0 unspecified atom stereocenters. The first-order valence-electron chi connectivity index (χ1n) is 6.00. The Balaban J connectivity index is 2.19. The van der Waals surface area contributed by atoms with Crippen LogP contribution >= 0.6 is 0 Å². The normalized spacial score (nSPS) is 16.1. The van der Waals surface area contributed by atoms with Crippen LogP contribution in [0.3, 0.4) is 0 Å². The maximum absolute atomic E-state index is 12.8. The predicted molar refractivity (Wildman–Crippen MR) is 70.0 cm³/mol. The molecule has 1 aromatic carbocycles. The molecule has 0 aliphatic carbocycles. The van der Waals surface area contributed by atoms with Gasteiger partial charge in [-0.15, -0.1) is 0 Å². The summed E-state index contributed by atoms with van der Waals surface area (Å²) in [5.74, 6) is -0.370. The van der Waals surface area contributed by atoms with Gasteiger partial charge < -0.3 is 0 Å². The summed E-state index contributed by atoms with van der Waals surface area (Å²) in [7, 11) is 0. The van der Waals surface area contributed by atoms with Gasteiger partial charge in [-0.3, -0.25) is 4.79 Å². The molecule has 1 aliphatic heterocycles. The van der Waals surface area contributed by atoms with Gasteiger partial charge in [0.1, 0.15) is 5.82 Å². The molecule has 0 saturated carbocycles. The topological polar surface area (TPSA) is 32.7 Å². The first-order chi connectivity index (χ1) is 8.35. The molecule has 18 heavy (non-hydrogen) atoms. The van der Waals surface area contributed by atoms with Crippen LogP contribution in [0.2, 0.25) is 0 Å². The smallest absolute Gasteiger partial charge is 0.253 e. The van der Waals surface area contributed by atoms with Crippen molar-refractivity contribution in [3.8, 4) is 0 Å². The lowest BCUT2D eigenvalue weighted by atomic mass is 9.89. The van der Waals surface area contributed by atoms with Crippen LogP contribution in [0.1, 0.15) is 33.6 Å². The molecule has 3 nitrogen and oxygen atoms in total. The molecule has 0 aromatic heterocycles. The van der Waals surface area contributed by atoms with Gasteiger partial charge in [0.25, 0.3) is 5.91 Å². The van der Waals surface area contributed by atoms with Crippen molar-refractivity contribution >= 4 is 17.3 Å². The number of hydrogen-bond donors (Lipinski definition) is 0. The minimum absolute atomic E-state index is 0.0548. The Kier molecular flexibility index (Phi) is 3.20. The molecule has 0 N–H and O–H groups in total. The largest absolute Gasteiger partial charge is 0.272 e. The number of carbonyl (C=O) groups is 1. The maximum atomic E-state index is 12.8. The third-order valence-corrected chi connectivity index (χ3v) is 2.64. The van der Waals surface area contributed by atoms with Crippen LogP contribution in [0.15, 0.2) is 29.4 Å². The molecule has 1 aromatic rings. The molecule has 4 heteroatoms. The minimum atomic E-state index is -0.315. The van der Waals surface area contributed by atoms with Crippen molar-refractivity contribution in [2.24, 2.45) is 10.5 Å². The summed E-state index contributed by atoms with van der Waals surface area (Å²) in [4.78, 5) is 11.9. The third kappa shape index (κ3) is 2.94. The molecule has 0 radical (unpaired) electrons. The van der Waals surface area contributed by atoms with Crippen LogP contribution in [0.25, 0.3) is 0 Å². The van der Waals surface area contributed by atoms with Gasteiger partial charge in [0, 0.05) is 5.71 Å². The zero-order valence-electron chi connectivity index (χ0n) is 10.9. The van der Waals surface area contributed by atoms with Gasteiger partial charge in [0.05, 0.1) is 12.1 Å². The number of rotatable bonds is 2. The Morgan fingerprint density at radius 2 is 1.89 bits per heavy atom. The summed E-state index contributed by atoms with van der Waals surface area (Å²) < 4.78 is 12.8. The van der Waals surface area contributed by atoms with Crippen molar-refractivity contribution in [1.29, 1.82) is 0 Å². The van der Waals surface area contributed by atoms with E-state index in [0.29, 0.717) is 12.1 Å². The summed E-state index contributed by atoms with van der Waals surface area (Å²) >= 11 is 0. The van der Waals surface area contributed by atoms with E-state index >= 15 is 0 Å². The lowest BCUT2D eigenvalue weighted by Crippen LogP contribution is -2.19. The average molecular weight is 248 g/mol. The Hall–Kier alpha value is -1.71. The third-order valence-electron chi connectivity index (χ3n) is 2.64. The fraction of sp³-hybridized carbons (Fsp3) is 0.429. The van der Waals surface area contributed by atoms with Crippen molar-refractivity contribution in [2.75, 3.05) is 5.01 Å². The van der Waals surface area contributed by atoms with Crippen LogP contribution in [-0.4, -0.2) is 11.6 Å². The summed E-state index contributed by atoms with van der Waals surface area (Å²) in [6.07, 6.45) is 1.14. The quantitative estimate of drug-likeness (QED) is 0.790. The monoisotopic (exact) mass is 248 g/mol. The summed E-state index contributed by atoms with van der Waals surface area (Å²) in [5.41, 5.74) is 1.61. The van der Waals surface area contributed by atoms with Gasteiger partial charge in [0.2, 0.25) is 0 Å². The second-order valence-electron chi connectivity index (χ2n) is 5.76. The van der Waals surface area contributed by atoms with E-state index in [1.54, 1.807) is 12.1 Å². The molecule has 0 atom stereocenters. The zero-order chi connectivity index (χ0) is 13.3. The van der Waals surface area contributed by atoms with E-state index in [2.05, 4.69) is 25.9 Å². The number of anilines is 1. The fourth-order valence-electron chi connectivity index (χ4n) is 1.98. The van der Waals surface area contributed by atoms with Gasteiger partial charge in [-0.2, -0.15) is 5.10 Å². The number of hydrogen-bond acceptors (Lipinski definition) is 2. The van der Waals surface area contributed by atoms with E-state index in [4.69, 9.17) is 0 Å². The van der Waals surface area contributed by atoms with Crippen LogP contribution in [0.5, 0.6) is 0 Å². The first kappa shape index (κ1) is 12.7. The Morgan fingerprint density at radius 3 is 2.44 bits per heavy atom. The van der Waals surface area contributed by atoms with E-state index in [1.165, 1.54) is 17.1 Å².